The molecule has 1 aromatic heterocycles. The Morgan fingerprint density at radius 2 is 1.82 bits per heavy atom. The molecule has 0 spiro atoms. The van der Waals surface area contributed by atoms with Crippen LogP contribution in [0.4, 0.5) is 0 Å². The molecule has 9 heteroatoms. The number of hydrogen-bond acceptors (Lipinski definition) is 6. The molecule has 1 saturated heterocycles. The molecule has 1 fully saturated rings. The minimum Gasteiger partial charge on any atom is -0.493 e. The number of methoxy groups -OCH3 is 2. The molecule has 0 saturated carbocycles. The summed E-state index contributed by atoms with van der Waals surface area (Å²) in [6, 6.07) is 12.3. The van der Waals surface area contributed by atoms with Gasteiger partial charge < -0.3 is 19.5 Å². The molecule has 9 nitrogen and oxygen atoms in total. The van der Waals surface area contributed by atoms with Crippen LogP contribution in [0.25, 0.3) is 10.9 Å². The van der Waals surface area contributed by atoms with Crippen LogP contribution in [0.1, 0.15) is 18.4 Å². The first-order valence-corrected chi connectivity index (χ1v) is 10.8. The van der Waals surface area contributed by atoms with Crippen LogP contribution in [-0.2, 0) is 22.6 Å². The highest BCUT2D eigenvalue weighted by Crippen LogP contribution is 2.30. The first-order valence-electron chi connectivity index (χ1n) is 10.8. The van der Waals surface area contributed by atoms with Crippen molar-refractivity contribution in [3.8, 4) is 11.5 Å². The second-order valence-electron chi connectivity index (χ2n) is 7.91. The first-order chi connectivity index (χ1) is 16.0. The maximum absolute atomic E-state index is 13.4. The van der Waals surface area contributed by atoms with Crippen LogP contribution < -0.4 is 26.0 Å². The molecule has 2 aromatic carbocycles. The molecular weight excluding hydrogens is 426 g/mol. The van der Waals surface area contributed by atoms with Crippen molar-refractivity contribution in [2.75, 3.05) is 27.4 Å². The van der Waals surface area contributed by atoms with Gasteiger partial charge in [-0.3, -0.25) is 18.7 Å². The first kappa shape index (κ1) is 22.6. The van der Waals surface area contributed by atoms with Gasteiger partial charge in [-0.1, -0.05) is 30.3 Å². The highest BCUT2D eigenvalue weighted by molar-refractivity contribution is 5.84. The molecule has 33 heavy (non-hydrogen) atoms. The largest absolute Gasteiger partial charge is 0.493 e. The third-order valence-corrected chi connectivity index (χ3v) is 5.77. The van der Waals surface area contributed by atoms with Gasteiger partial charge in [0.25, 0.3) is 5.56 Å². The molecular formula is C24H27N3O6. The zero-order chi connectivity index (χ0) is 23.4. The number of nitrogens with one attached hydrogen (secondary N) is 1. The van der Waals surface area contributed by atoms with E-state index < -0.39 is 11.2 Å². The summed E-state index contributed by atoms with van der Waals surface area (Å²) in [5.74, 6) is 0.383. The molecule has 0 bridgehead atoms. The molecule has 0 unspecified atom stereocenters. The van der Waals surface area contributed by atoms with Gasteiger partial charge in [0, 0.05) is 19.2 Å². The van der Waals surface area contributed by atoms with Crippen LogP contribution in [0.2, 0.25) is 0 Å². The molecule has 1 amide bonds. The lowest BCUT2D eigenvalue weighted by Crippen LogP contribution is -2.43. The standard InChI is InChI=1S/C24H27N3O6/c1-31-20-11-18-19(12-21(20)32-2)26(15-22(28)25-13-17-9-6-10-33-17)24(30)27(23(18)29)14-16-7-4-3-5-8-16/h3-5,7-8,11-12,17H,6,9-10,13-15H2,1-2H3,(H,25,28)/t17-/m1/s1. The summed E-state index contributed by atoms with van der Waals surface area (Å²) in [5.41, 5.74) is 0.0665. The number of hydrogen-bond donors (Lipinski definition) is 1. The average molecular weight is 453 g/mol. The number of aromatic nitrogens is 2. The third-order valence-electron chi connectivity index (χ3n) is 5.77. The number of amides is 1. The minimum atomic E-state index is -0.573. The van der Waals surface area contributed by atoms with Crippen molar-refractivity contribution in [3.63, 3.8) is 0 Å². The second kappa shape index (κ2) is 9.91. The van der Waals surface area contributed by atoms with Gasteiger partial charge in [-0.15, -0.1) is 0 Å². The summed E-state index contributed by atoms with van der Waals surface area (Å²) in [6.45, 7) is 0.913. The fourth-order valence-electron chi connectivity index (χ4n) is 4.03. The maximum Gasteiger partial charge on any atom is 0.332 e. The molecule has 174 valence electrons. The summed E-state index contributed by atoms with van der Waals surface area (Å²) < 4.78 is 18.7. The summed E-state index contributed by atoms with van der Waals surface area (Å²) in [5, 5.41) is 3.09. The van der Waals surface area contributed by atoms with E-state index in [0.29, 0.717) is 30.2 Å². The Balaban J connectivity index is 1.78. The van der Waals surface area contributed by atoms with E-state index in [1.54, 1.807) is 6.07 Å². The molecule has 2 heterocycles. The van der Waals surface area contributed by atoms with E-state index in [1.807, 2.05) is 30.3 Å². The number of rotatable bonds is 8. The normalized spacial score (nSPS) is 15.5. The number of ether oxygens (including phenoxy) is 3. The molecule has 1 atom stereocenters. The van der Waals surface area contributed by atoms with Gasteiger partial charge in [-0.2, -0.15) is 0 Å². The Morgan fingerprint density at radius 3 is 2.48 bits per heavy atom. The molecule has 0 radical (unpaired) electrons. The Bertz CT molecular complexity index is 1260. The number of fused-ring (bicyclic) bond motifs is 1. The van der Waals surface area contributed by atoms with E-state index in [2.05, 4.69) is 5.32 Å². The van der Waals surface area contributed by atoms with Crippen LogP contribution in [0.3, 0.4) is 0 Å². The number of carbonyl (C=O) groups excluding carboxylic acids is 1. The number of benzene rings is 2. The van der Waals surface area contributed by atoms with Gasteiger partial charge in [-0.25, -0.2) is 4.79 Å². The van der Waals surface area contributed by atoms with Crippen molar-refractivity contribution in [1.82, 2.24) is 14.5 Å². The van der Waals surface area contributed by atoms with Crippen molar-refractivity contribution in [2.24, 2.45) is 0 Å². The molecule has 0 aliphatic carbocycles. The van der Waals surface area contributed by atoms with Gasteiger partial charge in [0.15, 0.2) is 11.5 Å². The van der Waals surface area contributed by atoms with Crippen LogP contribution in [0, 0.1) is 0 Å². The average Bonchev–Trinajstić information content (AvgIpc) is 3.36. The lowest BCUT2D eigenvalue weighted by molar-refractivity contribution is -0.122. The van der Waals surface area contributed by atoms with E-state index in [4.69, 9.17) is 14.2 Å². The van der Waals surface area contributed by atoms with Crippen molar-refractivity contribution in [2.45, 2.75) is 32.0 Å². The topological polar surface area (TPSA) is 101 Å². The zero-order valence-electron chi connectivity index (χ0n) is 18.7. The Hall–Kier alpha value is -3.59. The lowest BCUT2D eigenvalue weighted by Gasteiger charge is -2.17. The van der Waals surface area contributed by atoms with Crippen molar-refractivity contribution < 1.29 is 19.0 Å². The van der Waals surface area contributed by atoms with Gasteiger partial charge in [0.05, 0.1) is 37.8 Å². The smallest absolute Gasteiger partial charge is 0.332 e. The van der Waals surface area contributed by atoms with Gasteiger partial charge in [0.2, 0.25) is 5.91 Å². The Kier molecular flexibility index (Phi) is 6.79. The summed E-state index contributed by atoms with van der Waals surface area (Å²) >= 11 is 0. The SMILES string of the molecule is COc1cc2c(=O)n(Cc3ccccc3)c(=O)n(CC(=O)NC[C@H]3CCCO3)c2cc1OC. The molecule has 3 aromatic rings. The van der Waals surface area contributed by atoms with E-state index in [9.17, 15) is 14.4 Å². The molecule has 4 rings (SSSR count). The van der Waals surface area contributed by atoms with Crippen LogP contribution in [0.5, 0.6) is 11.5 Å². The van der Waals surface area contributed by atoms with E-state index in [0.717, 1.165) is 23.0 Å². The monoisotopic (exact) mass is 453 g/mol. The molecule has 1 aliphatic heterocycles. The summed E-state index contributed by atoms with van der Waals surface area (Å²) in [7, 11) is 2.94. The predicted molar refractivity (Wildman–Crippen MR) is 123 cm³/mol. The number of nitrogens with zero attached hydrogens (tertiary/aromatic N) is 2. The zero-order valence-corrected chi connectivity index (χ0v) is 18.7. The highest BCUT2D eigenvalue weighted by Gasteiger charge is 2.20. The Morgan fingerprint density at radius 1 is 1.09 bits per heavy atom. The minimum absolute atomic E-state index is 0.0150. The highest BCUT2D eigenvalue weighted by atomic mass is 16.5. The fraction of sp³-hybridized carbons (Fsp3) is 0.375. The lowest BCUT2D eigenvalue weighted by atomic mass is 10.2. The van der Waals surface area contributed by atoms with Gasteiger partial charge >= 0.3 is 5.69 Å². The van der Waals surface area contributed by atoms with E-state index in [-0.39, 0.29) is 30.5 Å². The summed E-state index contributed by atoms with van der Waals surface area (Å²) in [6.07, 6.45) is 1.84. The quantitative estimate of drug-likeness (QED) is 0.555. The van der Waals surface area contributed by atoms with Gasteiger partial charge in [0.1, 0.15) is 6.54 Å². The Labute approximate surface area is 190 Å². The molecule has 1 aliphatic rings. The predicted octanol–water partition coefficient (Wildman–Crippen LogP) is 1.52. The van der Waals surface area contributed by atoms with E-state index >= 15 is 0 Å². The van der Waals surface area contributed by atoms with Gasteiger partial charge in [-0.05, 0) is 24.5 Å². The van der Waals surface area contributed by atoms with E-state index in [1.165, 1.54) is 24.9 Å². The van der Waals surface area contributed by atoms with Crippen LogP contribution in [0.15, 0.2) is 52.1 Å². The second-order valence-corrected chi connectivity index (χ2v) is 7.91. The number of carbonyl (C=O) groups is 1. The molecule has 1 N–H and O–H groups in total. The summed E-state index contributed by atoms with van der Waals surface area (Å²) in [4.78, 5) is 39.4. The van der Waals surface area contributed by atoms with Crippen molar-refractivity contribution in [3.05, 3.63) is 68.9 Å². The van der Waals surface area contributed by atoms with Crippen molar-refractivity contribution >= 4 is 16.8 Å². The third kappa shape index (κ3) is 4.78. The fourth-order valence-corrected chi connectivity index (χ4v) is 4.03. The maximum atomic E-state index is 13.4. The van der Waals surface area contributed by atoms with Crippen LogP contribution in [-0.4, -0.2) is 48.5 Å². The van der Waals surface area contributed by atoms with Crippen LogP contribution >= 0.6 is 0 Å². The van der Waals surface area contributed by atoms with Crippen molar-refractivity contribution in [1.29, 1.82) is 0 Å².